The fourth-order valence-corrected chi connectivity index (χ4v) is 2.73. The molecular weight excluding hydrogens is 302 g/mol. The lowest BCUT2D eigenvalue weighted by molar-refractivity contribution is 0.380. The van der Waals surface area contributed by atoms with Crippen molar-refractivity contribution in [2.24, 2.45) is 10.7 Å². The zero-order valence-electron chi connectivity index (χ0n) is 9.24. The highest BCUT2D eigenvalue weighted by Gasteiger charge is 2.27. The van der Waals surface area contributed by atoms with Crippen LogP contribution in [-0.2, 0) is 0 Å². The van der Waals surface area contributed by atoms with Gasteiger partial charge >= 0.3 is 0 Å². The standard InChI is InChI=1S/C12H13BrClN3/c1-2-5-17-11(7-16-12(17)15)9-4-3-8(13)6-10(9)14/h2-4,6,11H,1,5,7H2,(H2,15,16). The molecule has 0 aromatic heterocycles. The van der Waals surface area contributed by atoms with Crippen molar-refractivity contribution in [3.63, 3.8) is 0 Å². The molecule has 1 aliphatic heterocycles. The molecule has 1 heterocycles. The molecule has 0 aliphatic carbocycles. The largest absolute Gasteiger partial charge is 0.370 e. The van der Waals surface area contributed by atoms with Crippen LogP contribution in [0.2, 0.25) is 5.02 Å². The summed E-state index contributed by atoms with van der Waals surface area (Å²) in [4.78, 5) is 6.26. The average molecular weight is 315 g/mol. The first kappa shape index (κ1) is 12.5. The third-order valence-corrected chi connectivity index (χ3v) is 3.56. The number of rotatable bonds is 3. The maximum atomic E-state index is 6.25. The Labute approximate surface area is 114 Å². The topological polar surface area (TPSA) is 41.6 Å². The van der Waals surface area contributed by atoms with Gasteiger partial charge in [-0.1, -0.05) is 39.7 Å². The van der Waals surface area contributed by atoms with Crippen molar-refractivity contribution in [3.8, 4) is 0 Å². The molecule has 2 N–H and O–H groups in total. The Hall–Kier alpha value is -1.000. The summed E-state index contributed by atoms with van der Waals surface area (Å²) < 4.78 is 0.966. The molecule has 1 aromatic rings. The smallest absolute Gasteiger partial charge is 0.192 e. The SMILES string of the molecule is C=CCN1C(N)=NCC1c1ccc(Br)cc1Cl. The van der Waals surface area contributed by atoms with Crippen LogP contribution in [-0.4, -0.2) is 23.9 Å². The lowest BCUT2D eigenvalue weighted by atomic mass is 10.1. The summed E-state index contributed by atoms with van der Waals surface area (Å²) in [5.74, 6) is 0.550. The highest BCUT2D eigenvalue weighted by molar-refractivity contribution is 9.10. The summed E-state index contributed by atoms with van der Waals surface area (Å²) in [6, 6.07) is 5.97. The summed E-state index contributed by atoms with van der Waals surface area (Å²) in [5, 5.41) is 0.725. The Morgan fingerprint density at radius 2 is 2.41 bits per heavy atom. The van der Waals surface area contributed by atoms with Crippen molar-refractivity contribution in [1.29, 1.82) is 0 Å². The van der Waals surface area contributed by atoms with E-state index in [2.05, 4.69) is 27.5 Å². The molecule has 2 rings (SSSR count). The molecule has 5 heteroatoms. The van der Waals surface area contributed by atoms with E-state index in [0.29, 0.717) is 19.0 Å². The number of aliphatic imine (C=N–C) groups is 1. The van der Waals surface area contributed by atoms with Gasteiger partial charge in [0.1, 0.15) is 0 Å². The first-order chi connectivity index (χ1) is 8.13. The molecule has 1 unspecified atom stereocenters. The van der Waals surface area contributed by atoms with E-state index in [9.17, 15) is 0 Å². The van der Waals surface area contributed by atoms with Gasteiger partial charge in [-0.15, -0.1) is 6.58 Å². The third-order valence-electron chi connectivity index (χ3n) is 2.74. The number of benzene rings is 1. The Kier molecular flexibility index (Phi) is 3.74. The molecule has 90 valence electrons. The second-order valence-electron chi connectivity index (χ2n) is 3.82. The number of hydrogen-bond donors (Lipinski definition) is 1. The monoisotopic (exact) mass is 313 g/mol. The van der Waals surface area contributed by atoms with Crippen LogP contribution in [0.3, 0.4) is 0 Å². The second kappa shape index (κ2) is 5.10. The van der Waals surface area contributed by atoms with Crippen LogP contribution < -0.4 is 5.73 Å². The lowest BCUT2D eigenvalue weighted by Gasteiger charge is -2.25. The van der Waals surface area contributed by atoms with E-state index in [0.717, 1.165) is 15.1 Å². The minimum atomic E-state index is 0.105. The zero-order chi connectivity index (χ0) is 12.4. The number of guanidine groups is 1. The Morgan fingerprint density at radius 1 is 1.65 bits per heavy atom. The fraction of sp³-hybridized carbons (Fsp3) is 0.250. The summed E-state index contributed by atoms with van der Waals surface area (Å²) in [5.41, 5.74) is 6.89. The molecular formula is C12H13BrClN3. The number of nitrogens with zero attached hydrogens (tertiary/aromatic N) is 2. The van der Waals surface area contributed by atoms with E-state index in [1.807, 2.05) is 29.2 Å². The maximum Gasteiger partial charge on any atom is 0.192 e. The summed E-state index contributed by atoms with van der Waals surface area (Å²) in [7, 11) is 0. The van der Waals surface area contributed by atoms with E-state index in [1.54, 1.807) is 0 Å². The summed E-state index contributed by atoms with van der Waals surface area (Å²) in [6.07, 6.45) is 1.81. The van der Waals surface area contributed by atoms with Crippen molar-refractivity contribution in [2.45, 2.75) is 6.04 Å². The van der Waals surface area contributed by atoms with Gasteiger partial charge in [-0.05, 0) is 17.7 Å². The van der Waals surface area contributed by atoms with Crippen molar-refractivity contribution in [1.82, 2.24) is 4.90 Å². The molecule has 0 fully saturated rings. The van der Waals surface area contributed by atoms with Crippen LogP contribution in [0.4, 0.5) is 0 Å². The number of halogens is 2. The predicted octanol–water partition coefficient (Wildman–Crippen LogP) is 2.96. The predicted molar refractivity (Wildman–Crippen MR) is 75.3 cm³/mol. The van der Waals surface area contributed by atoms with Gasteiger partial charge in [-0.2, -0.15) is 0 Å². The molecule has 1 aromatic carbocycles. The van der Waals surface area contributed by atoms with Crippen molar-refractivity contribution in [2.75, 3.05) is 13.1 Å². The van der Waals surface area contributed by atoms with Crippen LogP contribution >= 0.6 is 27.5 Å². The van der Waals surface area contributed by atoms with E-state index < -0.39 is 0 Å². The van der Waals surface area contributed by atoms with Crippen molar-refractivity contribution >= 4 is 33.5 Å². The summed E-state index contributed by atoms with van der Waals surface area (Å²) in [6.45, 7) is 5.04. The molecule has 1 atom stereocenters. The lowest BCUT2D eigenvalue weighted by Crippen LogP contribution is -2.36. The minimum Gasteiger partial charge on any atom is -0.370 e. The molecule has 1 aliphatic rings. The Morgan fingerprint density at radius 3 is 3.06 bits per heavy atom. The van der Waals surface area contributed by atoms with Crippen LogP contribution in [0.25, 0.3) is 0 Å². The molecule has 0 bridgehead atoms. The minimum absolute atomic E-state index is 0.105. The second-order valence-corrected chi connectivity index (χ2v) is 5.14. The molecule has 0 spiro atoms. The number of hydrogen-bond acceptors (Lipinski definition) is 3. The fourth-order valence-electron chi connectivity index (χ4n) is 1.93. The molecule has 0 saturated heterocycles. The molecule has 0 radical (unpaired) electrons. The van der Waals surface area contributed by atoms with Gasteiger partial charge in [0.25, 0.3) is 0 Å². The van der Waals surface area contributed by atoms with Gasteiger partial charge in [-0.25, -0.2) is 0 Å². The van der Waals surface area contributed by atoms with Crippen LogP contribution in [0.15, 0.2) is 40.3 Å². The van der Waals surface area contributed by atoms with Gasteiger partial charge in [0.2, 0.25) is 0 Å². The van der Waals surface area contributed by atoms with E-state index in [1.165, 1.54) is 0 Å². The van der Waals surface area contributed by atoms with Gasteiger partial charge in [0.15, 0.2) is 5.96 Å². The number of nitrogens with two attached hydrogens (primary N) is 1. The molecule has 17 heavy (non-hydrogen) atoms. The van der Waals surface area contributed by atoms with Crippen LogP contribution in [0.5, 0.6) is 0 Å². The van der Waals surface area contributed by atoms with Crippen LogP contribution in [0.1, 0.15) is 11.6 Å². The normalized spacial score (nSPS) is 19.3. The molecule has 0 amide bonds. The van der Waals surface area contributed by atoms with E-state index in [4.69, 9.17) is 17.3 Å². The van der Waals surface area contributed by atoms with Gasteiger partial charge < -0.3 is 10.6 Å². The van der Waals surface area contributed by atoms with E-state index in [-0.39, 0.29) is 6.04 Å². The Bertz CT molecular complexity index is 473. The van der Waals surface area contributed by atoms with Gasteiger partial charge in [-0.3, -0.25) is 4.99 Å². The van der Waals surface area contributed by atoms with Crippen molar-refractivity contribution < 1.29 is 0 Å². The molecule has 3 nitrogen and oxygen atoms in total. The first-order valence-corrected chi connectivity index (χ1v) is 6.43. The average Bonchev–Trinajstić information content (AvgIpc) is 2.62. The maximum absolute atomic E-state index is 6.25. The van der Waals surface area contributed by atoms with Crippen LogP contribution in [0, 0.1) is 0 Å². The quantitative estimate of drug-likeness (QED) is 0.872. The third kappa shape index (κ3) is 2.48. The van der Waals surface area contributed by atoms with Crippen molar-refractivity contribution in [3.05, 3.63) is 45.9 Å². The highest BCUT2D eigenvalue weighted by atomic mass is 79.9. The highest BCUT2D eigenvalue weighted by Crippen LogP contribution is 2.32. The van der Waals surface area contributed by atoms with E-state index >= 15 is 0 Å². The summed E-state index contributed by atoms with van der Waals surface area (Å²) >= 11 is 9.64. The molecule has 0 saturated carbocycles. The van der Waals surface area contributed by atoms with Gasteiger partial charge in [0, 0.05) is 16.0 Å². The zero-order valence-corrected chi connectivity index (χ0v) is 11.6. The van der Waals surface area contributed by atoms with Gasteiger partial charge in [0.05, 0.1) is 12.6 Å². The Balaban J connectivity index is 2.31. The first-order valence-electron chi connectivity index (χ1n) is 5.26.